The van der Waals surface area contributed by atoms with Gasteiger partial charge in [0.2, 0.25) is 0 Å². The maximum atomic E-state index is 11.9. The number of aryl methyl sites for hydroxylation is 1. The fourth-order valence-electron chi connectivity index (χ4n) is 2.36. The number of carbonyl (C=O) groups excluding carboxylic acids is 2. The molecule has 23 heavy (non-hydrogen) atoms. The van der Waals surface area contributed by atoms with E-state index < -0.39 is 0 Å². The highest BCUT2D eigenvalue weighted by Crippen LogP contribution is 2.26. The molecule has 0 saturated carbocycles. The third kappa shape index (κ3) is 5.25. The molecule has 120 valence electrons. The predicted octanol–water partition coefficient (Wildman–Crippen LogP) is 3.10. The van der Waals surface area contributed by atoms with E-state index in [0.29, 0.717) is 25.0 Å². The van der Waals surface area contributed by atoms with Crippen LogP contribution >= 0.6 is 0 Å². The number of ketones is 2. The lowest BCUT2D eigenvalue weighted by Gasteiger charge is -2.06. The summed E-state index contributed by atoms with van der Waals surface area (Å²) in [6.07, 6.45) is 1.08. The first kappa shape index (κ1) is 16.7. The molecule has 0 radical (unpaired) electrons. The van der Waals surface area contributed by atoms with Crippen LogP contribution in [0.25, 0.3) is 0 Å². The molecule has 0 aliphatic rings. The number of carbonyl (C=O) groups is 2. The lowest BCUT2D eigenvalue weighted by atomic mass is 10.0. The number of phenols is 1. The molecule has 2 rings (SSSR count). The predicted molar refractivity (Wildman–Crippen MR) is 87.8 cm³/mol. The Morgan fingerprint density at radius 3 is 2.43 bits per heavy atom. The summed E-state index contributed by atoms with van der Waals surface area (Å²) >= 11 is 0. The first-order valence-electron chi connectivity index (χ1n) is 7.51. The second kappa shape index (κ2) is 8.13. The number of hydrogen-bond donors (Lipinski definition) is 1. The zero-order chi connectivity index (χ0) is 16.7. The Balaban J connectivity index is 1.82. The Morgan fingerprint density at radius 1 is 1.00 bits per heavy atom. The molecule has 0 aliphatic carbocycles. The van der Waals surface area contributed by atoms with E-state index in [9.17, 15) is 14.7 Å². The van der Waals surface area contributed by atoms with Gasteiger partial charge in [0.05, 0.1) is 13.5 Å². The molecule has 0 fully saturated rings. The van der Waals surface area contributed by atoms with Crippen LogP contribution in [0.15, 0.2) is 48.5 Å². The molecule has 0 unspecified atom stereocenters. The summed E-state index contributed by atoms with van der Waals surface area (Å²) in [5.41, 5.74) is 1.82. The number of methoxy groups -OCH3 is 1. The van der Waals surface area contributed by atoms with Crippen molar-refractivity contribution >= 4 is 11.6 Å². The largest absolute Gasteiger partial charge is 0.504 e. The summed E-state index contributed by atoms with van der Waals surface area (Å²) in [6, 6.07) is 14.4. The number of benzene rings is 2. The van der Waals surface area contributed by atoms with Crippen molar-refractivity contribution in [3.63, 3.8) is 0 Å². The maximum absolute atomic E-state index is 11.9. The third-order valence-electron chi connectivity index (χ3n) is 3.58. The van der Waals surface area contributed by atoms with Gasteiger partial charge < -0.3 is 9.84 Å². The first-order chi connectivity index (χ1) is 11.1. The number of ether oxygens (including phenoxy) is 1. The Bertz CT molecular complexity index is 677. The summed E-state index contributed by atoms with van der Waals surface area (Å²) in [5, 5.41) is 9.53. The lowest BCUT2D eigenvalue weighted by molar-refractivity contribution is -0.126. The summed E-state index contributed by atoms with van der Waals surface area (Å²) < 4.78 is 5.03. The molecule has 4 nitrogen and oxygen atoms in total. The maximum Gasteiger partial charge on any atom is 0.160 e. The van der Waals surface area contributed by atoms with Crippen LogP contribution in [-0.2, 0) is 22.4 Å². The average Bonchev–Trinajstić information content (AvgIpc) is 2.55. The van der Waals surface area contributed by atoms with E-state index >= 15 is 0 Å². The van der Waals surface area contributed by atoms with E-state index in [4.69, 9.17) is 4.74 Å². The third-order valence-corrected chi connectivity index (χ3v) is 3.58. The SMILES string of the molecule is COc1cc(CCC(=O)CC(=O)Cc2ccccc2)ccc1O. The number of aromatic hydroxyl groups is 1. The molecule has 1 N–H and O–H groups in total. The number of hydrogen-bond acceptors (Lipinski definition) is 4. The summed E-state index contributed by atoms with van der Waals surface area (Å²) in [7, 11) is 1.48. The van der Waals surface area contributed by atoms with Crippen molar-refractivity contribution in [1.29, 1.82) is 0 Å². The van der Waals surface area contributed by atoms with Gasteiger partial charge in [-0.2, -0.15) is 0 Å². The van der Waals surface area contributed by atoms with Crippen LogP contribution in [0, 0.1) is 0 Å². The molecule has 4 heteroatoms. The highest BCUT2D eigenvalue weighted by atomic mass is 16.5. The van der Waals surface area contributed by atoms with Gasteiger partial charge in [0.25, 0.3) is 0 Å². The van der Waals surface area contributed by atoms with Crippen molar-refractivity contribution in [1.82, 2.24) is 0 Å². The molecule has 0 saturated heterocycles. The van der Waals surface area contributed by atoms with Gasteiger partial charge in [-0.15, -0.1) is 0 Å². The van der Waals surface area contributed by atoms with E-state index in [1.807, 2.05) is 30.3 Å². The minimum Gasteiger partial charge on any atom is -0.504 e. The Hall–Kier alpha value is -2.62. The molecule has 0 atom stereocenters. The Morgan fingerprint density at radius 2 is 1.74 bits per heavy atom. The fraction of sp³-hybridized carbons (Fsp3) is 0.263. The van der Waals surface area contributed by atoms with Crippen molar-refractivity contribution in [3.8, 4) is 11.5 Å². The highest BCUT2D eigenvalue weighted by Gasteiger charge is 2.11. The van der Waals surface area contributed by atoms with Gasteiger partial charge in [-0.05, 0) is 29.7 Å². The van der Waals surface area contributed by atoms with Gasteiger partial charge in [0, 0.05) is 12.8 Å². The van der Waals surface area contributed by atoms with Crippen LogP contribution in [0.2, 0.25) is 0 Å². The minimum atomic E-state index is -0.0713. The van der Waals surface area contributed by atoms with Crippen LogP contribution in [0.4, 0.5) is 0 Å². The topological polar surface area (TPSA) is 63.6 Å². The van der Waals surface area contributed by atoms with E-state index in [-0.39, 0.29) is 23.7 Å². The first-order valence-corrected chi connectivity index (χ1v) is 7.51. The highest BCUT2D eigenvalue weighted by molar-refractivity contribution is 5.99. The van der Waals surface area contributed by atoms with Gasteiger partial charge in [-0.1, -0.05) is 36.4 Å². The van der Waals surface area contributed by atoms with Gasteiger partial charge in [-0.3, -0.25) is 9.59 Å². The molecule has 0 aliphatic heterocycles. The quantitative estimate of drug-likeness (QED) is 0.761. The van der Waals surface area contributed by atoms with E-state index in [1.54, 1.807) is 18.2 Å². The van der Waals surface area contributed by atoms with Crippen LogP contribution in [0.3, 0.4) is 0 Å². The van der Waals surface area contributed by atoms with Crippen molar-refractivity contribution in [2.75, 3.05) is 7.11 Å². The Labute approximate surface area is 135 Å². The van der Waals surface area contributed by atoms with E-state index in [0.717, 1.165) is 11.1 Å². The van der Waals surface area contributed by atoms with Crippen LogP contribution in [0.5, 0.6) is 11.5 Å². The zero-order valence-corrected chi connectivity index (χ0v) is 13.1. The molecular weight excluding hydrogens is 292 g/mol. The summed E-state index contributed by atoms with van der Waals surface area (Å²) in [5.74, 6) is 0.318. The van der Waals surface area contributed by atoms with Crippen molar-refractivity contribution in [2.24, 2.45) is 0 Å². The van der Waals surface area contributed by atoms with Crippen molar-refractivity contribution in [2.45, 2.75) is 25.7 Å². The second-order valence-corrected chi connectivity index (χ2v) is 5.42. The molecule has 0 aromatic heterocycles. The number of Topliss-reactive ketones (excluding diaryl/α,β-unsaturated/α-hetero) is 2. The van der Waals surface area contributed by atoms with Gasteiger partial charge in [-0.25, -0.2) is 0 Å². The van der Waals surface area contributed by atoms with Gasteiger partial charge in [0.15, 0.2) is 11.5 Å². The molecule has 2 aromatic rings. The van der Waals surface area contributed by atoms with Gasteiger partial charge >= 0.3 is 0 Å². The summed E-state index contributed by atoms with van der Waals surface area (Å²) in [4.78, 5) is 23.8. The second-order valence-electron chi connectivity index (χ2n) is 5.42. The molecule has 0 heterocycles. The molecule has 0 bridgehead atoms. The average molecular weight is 312 g/mol. The summed E-state index contributed by atoms with van der Waals surface area (Å²) in [6.45, 7) is 0. The number of phenolic OH excluding ortho intramolecular Hbond substituents is 1. The molecule has 0 amide bonds. The Kier molecular flexibility index (Phi) is 5.92. The smallest absolute Gasteiger partial charge is 0.160 e. The van der Waals surface area contributed by atoms with Crippen LogP contribution in [-0.4, -0.2) is 23.8 Å². The van der Waals surface area contributed by atoms with Gasteiger partial charge in [0.1, 0.15) is 11.6 Å². The minimum absolute atomic E-state index is 0.0376. The van der Waals surface area contributed by atoms with Crippen molar-refractivity contribution < 1.29 is 19.4 Å². The monoisotopic (exact) mass is 312 g/mol. The lowest BCUT2D eigenvalue weighted by Crippen LogP contribution is -2.11. The standard InChI is InChI=1S/C19H20O4/c1-23-19-12-15(8-10-18(19)22)7-9-16(20)13-17(21)11-14-5-3-2-4-6-14/h2-6,8,10,12,22H,7,9,11,13H2,1H3. The van der Waals surface area contributed by atoms with Crippen LogP contribution < -0.4 is 4.74 Å². The number of rotatable bonds is 8. The van der Waals surface area contributed by atoms with Crippen molar-refractivity contribution in [3.05, 3.63) is 59.7 Å². The molecule has 2 aromatic carbocycles. The normalized spacial score (nSPS) is 10.3. The van der Waals surface area contributed by atoms with Crippen LogP contribution in [0.1, 0.15) is 24.0 Å². The molecular formula is C19H20O4. The fourth-order valence-corrected chi connectivity index (χ4v) is 2.36. The van der Waals surface area contributed by atoms with E-state index in [1.165, 1.54) is 7.11 Å². The molecule has 0 spiro atoms. The van der Waals surface area contributed by atoms with E-state index in [2.05, 4.69) is 0 Å². The zero-order valence-electron chi connectivity index (χ0n) is 13.1.